The fraction of sp³-hybridized carbons (Fsp3) is 0.500. The van der Waals surface area contributed by atoms with Gasteiger partial charge in [0.2, 0.25) is 15.9 Å². The zero-order valence-electron chi connectivity index (χ0n) is 19.3. The highest BCUT2D eigenvalue weighted by Gasteiger charge is 2.23. The number of amides is 1. The molecule has 0 atom stereocenters. The molecule has 0 saturated carbocycles. The van der Waals surface area contributed by atoms with E-state index in [1.807, 2.05) is 19.9 Å². The van der Waals surface area contributed by atoms with Crippen molar-refractivity contribution in [1.29, 1.82) is 0 Å². The maximum atomic E-state index is 12.9. The van der Waals surface area contributed by atoms with E-state index in [9.17, 15) is 13.2 Å². The van der Waals surface area contributed by atoms with Crippen LogP contribution in [0.5, 0.6) is 0 Å². The van der Waals surface area contributed by atoms with E-state index in [1.165, 1.54) is 4.31 Å². The number of nitrogens with one attached hydrogen (secondary N) is 1. The Bertz CT molecular complexity index is 1190. The first kappa shape index (κ1) is 23.9. The summed E-state index contributed by atoms with van der Waals surface area (Å²) in [6.45, 7) is 10.8. The van der Waals surface area contributed by atoms with Crippen molar-refractivity contribution in [3.63, 3.8) is 0 Å². The number of imidazole rings is 1. The van der Waals surface area contributed by atoms with Crippen LogP contribution in [0.3, 0.4) is 0 Å². The number of carbonyl (C=O) groups excluding carboxylic acids is 1. The molecule has 174 valence electrons. The SMILES string of the molecule is CCCn1c(CCC(=O)Nc2c(C)noc2C)nc2cc(S(=O)(=O)N(CC)CC)ccc21. The molecule has 1 N–H and O–H groups in total. The molecule has 3 aromatic rings. The van der Waals surface area contributed by atoms with Crippen molar-refractivity contribution < 1.29 is 17.7 Å². The maximum Gasteiger partial charge on any atom is 0.243 e. The van der Waals surface area contributed by atoms with Crippen LogP contribution in [-0.2, 0) is 27.8 Å². The second-order valence-electron chi connectivity index (χ2n) is 7.67. The third kappa shape index (κ3) is 4.71. The van der Waals surface area contributed by atoms with Crippen LogP contribution in [0.4, 0.5) is 5.69 Å². The summed E-state index contributed by atoms with van der Waals surface area (Å²) >= 11 is 0. The minimum absolute atomic E-state index is 0.153. The Kier molecular flexibility index (Phi) is 7.35. The Morgan fingerprint density at radius 3 is 2.50 bits per heavy atom. The molecule has 0 saturated heterocycles. The van der Waals surface area contributed by atoms with E-state index in [2.05, 4.69) is 26.9 Å². The van der Waals surface area contributed by atoms with E-state index >= 15 is 0 Å². The average Bonchev–Trinajstić information content (AvgIpc) is 3.27. The Morgan fingerprint density at radius 1 is 1.19 bits per heavy atom. The van der Waals surface area contributed by atoms with Gasteiger partial charge in [-0.1, -0.05) is 25.9 Å². The number of aryl methyl sites for hydroxylation is 4. The Balaban J connectivity index is 1.86. The van der Waals surface area contributed by atoms with Gasteiger partial charge in [-0.05, 0) is 38.5 Å². The van der Waals surface area contributed by atoms with Gasteiger partial charge >= 0.3 is 0 Å². The summed E-state index contributed by atoms with van der Waals surface area (Å²) in [6, 6.07) is 5.07. The van der Waals surface area contributed by atoms with Crippen LogP contribution in [0, 0.1) is 13.8 Å². The molecule has 2 heterocycles. The van der Waals surface area contributed by atoms with E-state index in [0.29, 0.717) is 42.2 Å². The van der Waals surface area contributed by atoms with E-state index in [-0.39, 0.29) is 17.2 Å². The van der Waals surface area contributed by atoms with Gasteiger partial charge < -0.3 is 14.4 Å². The average molecular weight is 462 g/mol. The Morgan fingerprint density at radius 2 is 1.91 bits per heavy atom. The predicted octanol–water partition coefficient (Wildman–Crippen LogP) is 3.65. The highest BCUT2D eigenvalue weighted by Crippen LogP contribution is 2.24. The van der Waals surface area contributed by atoms with Crippen LogP contribution in [0.25, 0.3) is 11.0 Å². The molecular formula is C22H31N5O4S. The monoisotopic (exact) mass is 461 g/mol. The number of aromatic nitrogens is 3. The van der Waals surface area contributed by atoms with Crippen molar-refractivity contribution in [2.45, 2.75) is 65.3 Å². The lowest BCUT2D eigenvalue weighted by Crippen LogP contribution is -2.30. The fourth-order valence-electron chi connectivity index (χ4n) is 3.79. The number of nitrogens with zero attached hydrogens (tertiary/aromatic N) is 4. The molecule has 0 radical (unpaired) electrons. The van der Waals surface area contributed by atoms with Gasteiger partial charge in [0, 0.05) is 32.5 Å². The summed E-state index contributed by atoms with van der Waals surface area (Å²) in [6.07, 6.45) is 1.56. The molecule has 1 amide bonds. The third-order valence-corrected chi connectivity index (χ3v) is 7.51. The Labute approximate surface area is 188 Å². The van der Waals surface area contributed by atoms with Crippen molar-refractivity contribution in [2.75, 3.05) is 18.4 Å². The summed E-state index contributed by atoms with van der Waals surface area (Å²) in [5, 5.41) is 6.70. The first-order valence-corrected chi connectivity index (χ1v) is 12.4. The number of carbonyl (C=O) groups is 1. The van der Waals surface area contributed by atoms with Gasteiger partial charge in [-0.15, -0.1) is 0 Å². The highest BCUT2D eigenvalue weighted by molar-refractivity contribution is 7.89. The summed E-state index contributed by atoms with van der Waals surface area (Å²) in [5.74, 6) is 1.17. The van der Waals surface area contributed by atoms with Crippen LogP contribution in [0.1, 0.15) is 50.9 Å². The van der Waals surface area contributed by atoms with Crippen molar-refractivity contribution >= 4 is 32.7 Å². The molecule has 0 spiro atoms. The first-order valence-electron chi connectivity index (χ1n) is 10.9. The quantitative estimate of drug-likeness (QED) is 0.493. The van der Waals surface area contributed by atoms with Crippen molar-refractivity contribution in [1.82, 2.24) is 19.0 Å². The first-order chi connectivity index (χ1) is 15.2. The lowest BCUT2D eigenvalue weighted by atomic mass is 10.2. The molecule has 0 fully saturated rings. The van der Waals surface area contributed by atoms with E-state index < -0.39 is 10.0 Å². The molecule has 32 heavy (non-hydrogen) atoms. The van der Waals surface area contributed by atoms with Gasteiger partial charge in [-0.25, -0.2) is 13.4 Å². The molecular weight excluding hydrogens is 430 g/mol. The van der Waals surface area contributed by atoms with Crippen molar-refractivity contribution in [2.24, 2.45) is 0 Å². The smallest absolute Gasteiger partial charge is 0.243 e. The fourth-order valence-corrected chi connectivity index (χ4v) is 5.26. The van der Waals surface area contributed by atoms with Crippen LogP contribution >= 0.6 is 0 Å². The molecule has 0 bridgehead atoms. The minimum Gasteiger partial charge on any atom is -0.359 e. The number of fused-ring (bicyclic) bond motifs is 1. The second kappa shape index (κ2) is 9.83. The van der Waals surface area contributed by atoms with E-state index in [4.69, 9.17) is 4.52 Å². The van der Waals surface area contributed by atoms with Gasteiger partial charge in [-0.3, -0.25) is 4.79 Å². The van der Waals surface area contributed by atoms with Crippen LogP contribution in [0.2, 0.25) is 0 Å². The molecule has 1 aromatic carbocycles. The lowest BCUT2D eigenvalue weighted by Gasteiger charge is -2.18. The number of sulfonamides is 1. The normalized spacial score (nSPS) is 12.1. The van der Waals surface area contributed by atoms with Gasteiger partial charge in [0.25, 0.3) is 0 Å². The van der Waals surface area contributed by atoms with Gasteiger partial charge in [0.1, 0.15) is 17.2 Å². The number of hydrogen-bond acceptors (Lipinski definition) is 6. The van der Waals surface area contributed by atoms with Crippen molar-refractivity contribution in [3.8, 4) is 0 Å². The topological polar surface area (TPSA) is 110 Å². The molecule has 0 unspecified atom stereocenters. The van der Waals surface area contributed by atoms with E-state index in [1.54, 1.807) is 26.0 Å². The molecule has 10 heteroatoms. The number of anilines is 1. The molecule has 3 rings (SSSR count). The lowest BCUT2D eigenvalue weighted by molar-refractivity contribution is -0.116. The summed E-state index contributed by atoms with van der Waals surface area (Å²) in [7, 11) is -3.57. The van der Waals surface area contributed by atoms with Gasteiger partial charge in [-0.2, -0.15) is 4.31 Å². The van der Waals surface area contributed by atoms with Gasteiger partial charge in [0.15, 0.2) is 5.76 Å². The zero-order chi connectivity index (χ0) is 23.5. The third-order valence-electron chi connectivity index (χ3n) is 5.46. The summed E-state index contributed by atoms with van der Waals surface area (Å²) in [4.78, 5) is 17.4. The highest BCUT2D eigenvalue weighted by atomic mass is 32.2. The molecule has 0 aliphatic heterocycles. The largest absolute Gasteiger partial charge is 0.359 e. The van der Waals surface area contributed by atoms with Crippen LogP contribution in [-0.4, -0.2) is 46.4 Å². The number of rotatable bonds is 10. The standard InChI is InChI=1S/C22H31N5O4S/c1-6-13-27-19-10-9-17(32(29,30)26(7-2)8-3)14-18(19)23-20(27)11-12-21(28)24-22-15(4)25-31-16(22)5/h9-10,14H,6-8,11-13H2,1-5H3,(H,24,28). The number of benzene rings is 1. The molecule has 0 aliphatic carbocycles. The molecule has 9 nitrogen and oxygen atoms in total. The van der Waals surface area contributed by atoms with Crippen LogP contribution < -0.4 is 5.32 Å². The van der Waals surface area contributed by atoms with Gasteiger partial charge in [0.05, 0.1) is 15.9 Å². The zero-order valence-corrected chi connectivity index (χ0v) is 20.1. The second-order valence-corrected chi connectivity index (χ2v) is 9.60. The van der Waals surface area contributed by atoms with Crippen molar-refractivity contribution in [3.05, 3.63) is 35.5 Å². The number of hydrogen-bond donors (Lipinski definition) is 1. The van der Waals surface area contributed by atoms with E-state index in [0.717, 1.165) is 24.3 Å². The molecule has 0 aliphatic rings. The predicted molar refractivity (Wildman–Crippen MR) is 123 cm³/mol. The molecule has 2 aromatic heterocycles. The van der Waals surface area contributed by atoms with Crippen LogP contribution in [0.15, 0.2) is 27.6 Å². The maximum absolute atomic E-state index is 12.9. The minimum atomic E-state index is -3.57. The summed E-state index contributed by atoms with van der Waals surface area (Å²) in [5.41, 5.74) is 2.72. The Hall–Kier alpha value is -2.72. The summed E-state index contributed by atoms with van der Waals surface area (Å²) < 4.78 is 34.4.